The molecule has 0 spiro atoms. The van der Waals surface area contributed by atoms with Gasteiger partial charge in [0.1, 0.15) is 12.3 Å². The Labute approximate surface area is 242 Å². The zero-order chi connectivity index (χ0) is 30.5. The van der Waals surface area contributed by atoms with Gasteiger partial charge in [-0.05, 0) is 49.1 Å². The van der Waals surface area contributed by atoms with Gasteiger partial charge in [-0.2, -0.15) is 13.2 Å². The maximum Gasteiger partial charge on any atom is 0.406 e. The fourth-order valence-corrected chi connectivity index (χ4v) is 5.50. The predicted octanol–water partition coefficient (Wildman–Crippen LogP) is 2.55. The number of aliphatic hydroxyl groups excluding tert-OH is 2. The molecule has 3 aromatic rings. The number of nitrogens with one attached hydrogen (secondary N) is 2. The Balaban J connectivity index is 1.53. The van der Waals surface area contributed by atoms with Gasteiger partial charge in [0.05, 0.1) is 48.2 Å². The number of aromatic nitrogens is 1. The van der Waals surface area contributed by atoms with Gasteiger partial charge >= 0.3 is 6.18 Å². The molecule has 1 fully saturated rings. The molecule has 4 rings (SSSR count). The highest BCUT2D eigenvalue weighted by molar-refractivity contribution is 7.89. The first-order valence-electron chi connectivity index (χ1n) is 13.3. The van der Waals surface area contributed by atoms with Crippen molar-refractivity contribution in [3.05, 3.63) is 48.2 Å². The maximum atomic E-state index is 13.6. The summed E-state index contributed by atoms with van der Waals surface area (Å²) in [6.45, 7) is 0.389. The summed E-state index contributed by atoms with van der Waals surface area (Å²) in [6.07, 6.45) is -3.70. The van der Waals surface area contributed by atoms with E-state index in [1.807, 2.05) is 6.07 Å². The van der Waals surface area contributed by atoms with Gasteiger partial charge in [-0.15, -0.1) is 0 Å². The van der Waals surface area contributed by atoms with Gasteiger partial charge in [-0.1, -0.05) is 12.0 Å². The largest absolute Gasteiger partial charge is 0.495 e. The van der Waals surface area contributed by atoms with E-state index < -0.39 is 28.8 Å². The number of primary sulfonamides is 1. The van der Waals surface area contributed by atoms with Crippen LogP contribution in [0.1, 0.15) is 18.5 Å². The van der Waals surface area contributed by atoms with Crippen molar-refractivity contribution in [2.24, 2.45) is 5.14 Å². The van der Waals surface area contributed by atoms with Gasteiger partial charge in [0.15, 0.2) is 0 Å². The predicted molar refractivity (Wildman–Crippen MR) is 154 cm³/mol. The Morgan fingerprint density at radius 1 is 1.17 bits per heavy atom. The summed E-state index contributed by atoms with van der Waals surface area (Å²) in [6, 6.07) is 11.0. The van der Waals surface area contributed by atoms with Gasteiger partial charge in [0.25, 0.3) is 0 Å². The van der Waals surface area contributed by atoms with Crippen LogP contribution in [0.3, 0.4) is 0 Å². The zero-order valence-electron chi connectivity index (χ0n) is 23.0. The van der Waals surface area contributed by atoms with Crippen molar-refractivity contribution < 1.29 is 36.5 Å². The minimum absolute atomic E-state index is 0.0489. The average Bonchev–Trinajstić information content (AvgIpc) is 3.28. The van der Waals surface area contributed by atoms with Crippen LogP contribution in [0, 0.1) is 11.8 Å². The summed E-state index contributed by atoms with van der Waals surface area (Å²) >= 11 is 0. The molecule has 1 aliphatic rings. The fourth-order valence-electron chi connectivity index (χ4n) is 4.97. The van der Waals surface area contributed by atoms with Crippen molar-refractivity contribution in [1.82, 2.24) is 9.47 Å². The second kappa shape index (κ2) is 13.2. The van der Waals surface area contributed by atoms with Crippen LogP contribution in [0.2, 0.25) is 0 Å². The van der Waals surface area contributed by atoms with Crippen LogP contribution in [-0.2, 0) is 16.6 Å². The quantitative estimate of drug-likeness (QED) is 0.221. The Morgan fingerprint density at radius 2 is 1.90 bits per heavy atom. The highest BCUT2D eigenvalue weighted by atomic mass is 32.2. The van der Waals surface area contributed by atoms with Gasteiger partial charge in [-0.3, -0.25) is 0 Å². The van der Waals surface area contributed by atoms with E-state index in [0.717, 1.165) is 30.5 Å². The number of nitrogens with two attached hydrogens (primary N) is 1. The molecule has 2 aromatic carbocycles. The number of halogens is 3. The number of ether oxygens (including phenoxy) is 1. The van der Waals surface area contributed by atoms with E-state index in [2.05, 4.69) is 27.4 Å². The highest BCUT2D eigenvalue weighted by Crippen LogP contribution is 2.31. The fraction of sp³-hybridized carbons (Fsp3) is 0.429. The highest BCUT2D eigenvalue weighted by Gasteiger charge is 2.30. The Hall–Kier alpha value is -3.48. The van der Waals surface area contributed by atoms with E-state index in [1.54, 1.807) is 18.2 Å². The molecule has 14 heteroatoms. The van der Waals surface area contributed by atoms with E-state index in [-0.39, 0.29) is 35.5 Å². The third-order valence-corrected chi connectivity index (χ3v) is 7.91. The number of hydrogen-bond donors (Lipinski definition) is 5. The summed E-state index contributed by atoms with van der Waals surface area (Å²) in [4.78, 5) is 1.95. The molecule has 42 heavy (non-hydrogen) atoms. The molecule has 1 aliphatic heterocycles. The van der Waals surface area contributed by atoms with Crippen molar-refractivity contribution in [3.63, 3.8) is 0 Å². The van der Waals surface area contributed by atoms with E-state index in [9.17, 15) is 26.7 Å². The number of methoxy groups -OCH3 is 1. The van der Waals surface area contributed by atoms with Crippen LogP contribution in [0.25, 0.3) is 10.9 Å². The molecule has 0 aliphatic carbocycles. The Bertz CT molecular complexity index is 1560. The number of fused-ring (bicyclic) bond motifs is 1. The van der Waals surface area contributed by atoms with Crippen molar-refractivity contribution in [3.8, 4) is 17.6 Å². The average molecular weight is 610 g/mol. The molecular weight excluding hydrogens is 575 g/mol. The molecule has 0 amide bonds. The normalized spacial score (nSPS) is 15.7. The molecule has 6 N–H and O–H groups in total. The third kappa shape index (κ3) is 8.08. The maximum absolute atomic E-state index is 13.6. The lowest BCUT2D eigenvalue weighted by Crippen LogP contribution is -2.43. The molecule has 10 nitrogen and oxygen atoms in total. The SMILES string of the molecule is COc1cc(S(N)(=O)=O)ccc1NCC#Cc1cc2c(NC3CCN(C[C@H](O)CO)CC3)cccc2n1CC(F)(F)F. The van der Waals surface area contributed by atoms with Crippen LogP contribution in [0.5, 0.6) is 5.75 Å². The summed E-state index contributed by atoms with van der Waals surface area (Å²) in [7, 11) is -2.56. The lowest BCUT2D eigenvalue weighted by Gasteiger charge is -2.33. The lowest BCUT2D eigenvalue weighted by atomic mass is 10.0. The second-order valence-corrected chi connectivity index (χ2v) is 11.6. The van der Waals surface area contributed by atoms with Crippen LogP contribution in [0.15, 0.2) is 47.4 Å². The summed E-state index contributed by atoms with van der Waals surface area (Å²) in [5.74, 6) is 5.91. The molecule has 0 bridgehead atoms. The van der Waals surface area contributed by atoms with Crippen molar-refractivity contribution >= 4 is 32.3 Å². The smallest absolute Gasteiger partial charge is 0.406 e. The molecule has 0 radical (unpaired) electrons. The number of rotatable bonds is 10. The topological polar surface area (TPSA) is 142 Å². The monoisotopic (exact) mass is 609 g/mol. The van der Waals surface area contributed by atoms with Gasteiger partial charge in [0.2, 0.25) is 10.0 Å². The molecule has 1 aromatic heterocycles. The van der Waals surface area contributed by atoms with Gasteiger partial charge in [-0.25, -0.2) is 13.6 Å². The van der Waals surface area contributed by atoms with Crippen molar-refractivity contribution in [1.29, 1.82) is 0 Å². The van der Waals surface area contributed by atoms with Crippen molar-refractivity contribution in [2.45, 2.75) is 42.6 Å². The molecule has 0 saturated carbocycles. The first kappa shape index (κ1) is 31.5. The third-order valence-electron chi connectivity index (χ3n) is 7.00. The molecule has 1 atom stereocenters. The van der Waals surface area contributed by atoms with Crippen LogP contribution in [-0.4, -0.2) is 86.3 Å². The minimum atomic E-state index is -4.46. The lowest BCUT2D eigenvalue weighted by molar-refractivity contribution is -0.140. The Morgan fingerprint density at radius 3 is 2.55 bits per heavy atom. The van der Waals surface area contributed by atoms with Crippen molar-refractivity contribution in [2.75, 3.05) is 50.5 Å². The van der Waals surface area contributed by atoms with Crippen LogP contribution in [0.4, 0.5) is 24.5 Å². The summed E-state index contributed by atoms with van der Waals surface area (Å²) in [5, 5.41) is 31.0. The summed E-state index contributed by atoms with van der Waals surface area (Å²) < 4.78 is 70.3. The number of sulfonamides is 1. The van der Waals surface area contributed by atoms with E-state index in [0.29, 0.717) is 28.8 Å². The van der Waals surface area contributed by atoms with Crippen LogP contribution >= 0.6 is 0 Å². The number of alkyl halides is 3. The number of β-amino-alcohol motifs (C(OH)–C–C–N with tert-alkyl or cyclic N) is 1. The minimum Gasteiger partial charge on any atom is -0.495 e. The molecule has 2 heterocycles. The molecule has 1 saturated heterocycles. The van der Waals surface area contributed by atoms with E-state index in [1.165, 1.54) is 25.3 Å². The Kier molecular flexibility index (Phi) is 9.90. The molecule has 0 unspecified atom stereocenters. The summed E-state index contributed by atoms with van der Waals surface area (Å²) in [5.41, 5.74) is 1.75. The number of benzene rings is 2. The molecular formula is C28H34F3N5O5S. The first-order chi connectivity index (χ1) is 19.9. The zero-order valence-corrected chi connectivity index (χ0v) is 23.8. The number of piperidine rings is 1. The van der Waals surface area contributed by atoms with Gasteiger partial charge in [0, 0.05) is 42.8 Å². The number of likely N-dealkylation sites (tertiary alicyclic amines) is 1. The number of anilines is 2. The van der Waals surface area contributed by atoms with Gasteiger partial charge < -0.3 is 35.1 Å². The van der Waals surface area contributed by atoms with E-state index >= 15 is 0 Å². The first-order valence-corrected chi connectivity index (χ1v) is 14.8. The number of hydrogen-bond acceptors (Lipinski definition) is 8. The van der Waals surface area contributed by atoms with Crippen LogP contribution < -0.4 is 20.5 Å². The molecule has 228 valence electrons. The second-order valence-electron chi connectivity index (χ2n) is 10.1. The standard InChI is InChI=1S/C28H34F3N5O5S/c1-41-27-15-22(42(32,39)40)7-8-25(27)33-11-3-4-20-14-23-24(5-2-6-26(23)36(20)18-28(29,30)31)34-19-9-12-35(13-10-19)16-21(38)17-37/h2,5-8,14-15,19,21,33-34,37-38H,9-13,16-18H2,1H3,(H2,32,39,40)/t21-/m0/s1. The number of nitrogens with zero attached hydrogens (tertiary/aromatic N) is 2. The van der Waals surface area contributed by atoms with E-state index in [4.69, 9.17) is 15.0 Å². The number of aliphatic hydroxyl groups is 2.